The van der Waals surface area contributed by atoms with E-state index in [0.29, 0.717) is 39.8 Å². The summed E-state index contributed by atoms with van der Waals surface area (Å²) in [5, 5.41) is 8.46. The maximum absolute atomic E-state index is 13.5. The smallest absolute Gasteiger partial charge is 0.392 e. The molecular weight excluding hydrogens is 363 g/mol. The Kier molecular flexibility index (Phi) is 4.37. The molecular formula is C22H20F3N3. The number of nitrogens with zero attached hydrogens (tertiary/aromatic N) is 1. The van der Waals surface area contributed by atoms with Crippen molar-refractivity contribution in [3.63, 3.8) is 0 Å². The highest BCUT2D eigenvalue weighted by Gasteiger charge is 2.42. The van der Waals surface area contributed by atoms with Crippen molar-refractivity contribution in [3.05, 3.63) is 58.7 Å². The first-order valence-electron chi connectivity index (χ1n) is 9.17. The van der Waals surface area contributed by atoms with Gasteiger partial charge >= 0.3 is 6.18 Å². The van der Waals surface area contributed by atoms with Crippen LogP contribution in [0.4, 0.5) is 18.9 Å². The number of alkyl halides is 3. The highest BCUT2D eigenvalue weighted by atomic mass is 19.4. The number of rotatable bonds is 2. The number of anilines is 1. The van der Waals surface area contributed by atoms with Gasteiger partial charge in [0.15, 0.2) is 0 Å². The molecule has 1 aliphatic carbocycles. The van der Waals surface area contributed by atoms with Crippen molar-refractivity contribution >= 4 is 22.8 Å². The molecule has 0 aliphatic heterocycles. The van der Waals surface area contributed by atoms with Crippen molar-refractivity contribution in [2.24, 2.45) is 5.92 Å². The number of aryl methyl sites for hydroxylation is 2. The Hall–Kier alpha value is -2.89. The molecule has 6 heteroatoms. The van der Waals surface area contributed by atoms with E-state index in [1.807, 2.05) is 31.2 Å². The molecule has 4 rings (SSSR count). The van der Waals surface area contributed by atoms with Gasteiger partial charge < -0.3 is 11.1 Å². The summed E-state index contributed by atoms with van der Waals surface area (Å²) < 4.78 is 40.4. The van der Waals surface area contributed by atoms with Gasteiger partial charge in [0.1, 0.15) is 0 Å². The average molecular weight is 383 g/mol. The van der Waals surface area contributed by atoms with Crippen LogP contribution in [0, 0.1) is 18.3 Å². The van der Waals surface area contributed by atoms with Crippen molar-refractivity contribution < 1.29 is 13.2 Å². The van der Waals surface area contributed by atoms with Crippen LogP contribution in [0.2, 0.25) is 0 Å². The first kappa shape index (κ1) is 18.5. The van der Waals surface area contributed by atoms with E-state index in [2.05, 4.69) is 0 Å². The lowest BCUT2D eigenvalue weighted by molar-refractivity contribution is -0.177. The first-order valence-corrected chi connectivity index (χ1v) is 9.17. The zero-order valence-corrected chi connectivity index (χ0v) is 15.4. The third-order valence-electron chi connectivity index (χ3n) is 5.57. The zero-order chi connectivity index (χ0) is 20.1. The van der Waals surface area contributed by atoms with Crippen molar-refractivity contribution in [1.82, 2.24) is 4.98 Å². The molecule has 1 aliphatic rings. The van der Waals surface area contributed by atoms with Gasteiger partial charge in [-0.1, -0.05) is 29.8 Å². The number of hydrogen-bond donors (Lipinski definition) is 2. The van der Waals surface area contributed by atoms with Crippen molar-refractivity contribution in [1.29, 1.82) is 5.41 Å². The van der Waals surface area contributed by atoms with Crippen molar-refractivity contribution in [2.75, 3.05) is 5.73 Å². The summed E-state index contributed by atoms with van der Waals surface area (Å²) in [5.74, 6) is -1.38. The van der Waals surface area contributed by atoms with Gasteiger partial charge in [0.25, 0.3) is 0 Å². The van der Waals surface area contributed by atoms with E-state index in [1.54, 1.807) is 12.1 Å². The second kappa shape index (κ2) is 6.62. The summed E-state index contributed by atoms with van der Waals surface area (Å²) in [6.07, 6.45) is -2.84. The fourth-order valence-corrected chi connectivity index (χ4v) is 4.06. The molecule has 0 saturated carbocycles. The van der Waals surface area contributed by atoms with Gasteiger partial charge in [-0.05, 0) is 49.4 Å². The van der Waals surface area contributed by atoms with Crippen LogP contribution in [0.25, 0.3) is 22.2 Å². The number of aromatic nitrogens is 1. The molecule has 144 valence electrons. The SMILES string of the molecule is Cc1ccc(-c2nc3ccc(N)c(C=N)c3c3c2CC(C(F)(F)F)CC3)cc1. The molecule has 0 amide bonds. The van der Waals surface area contributed by atoms with E-state index in [0.717, 1.165) is 16.7 Å². The summed E-state index contributed by atoms with van der Waals surface area (Å²) in [7, 11) is 0. The number of nitrogens with one attached hydrogen (secondary N) is 1. The largest absolute Gasteiger partial charge is 0.398 e. The summed E-state index contributed by atoms with van der Waals surface area (Å²) in [6, 6.07) is 11.1. The zero-order valence-electron chi connectivity index (χ0n) is 15.4. The van der Waals surface area contributed by atoms with Crippen LogP contribution in [-0.2, 0) is 12.8 Å². The lowest BCUT2D eigenvalue weighted by Crippen LogP contribution is -2.29. The minimum Gasteiger partial charge on any atom is -0.398 e. The molecule has 3 aromatic rings. The fraction of sp³-hybridized carbons (Fsp3) is 0.273. The summed E-state index contributed by atoms with van der Waals surface area (Å²) in [5.41, 5.74) is 11.6. The van der Waals surface area contributed by atoms with Crippen LogP contribution in [-0.4, -0.2) is 17.4 Å². The summed E-state index contributed by atoms with van der Waals surface area (Å²) >= 11 is 0. The molecule has 0 saturated heterocycles. The highest BCUT2D eigenvalue weighted by molar-refractivity contribution is 6.05. The van der Waals surface area contributed by atoms with E-state index in [-0.39, 0.29) is 12.8 Å². The van der Waals surface area contributed by atoms with Crippen LogP contribution >= 0.6 is 0 Å². The molecule has 3 nitrogen and oxygen atoms in total. The lowest BCUT2D eigenvalue weighted by atomic mass is 9.79. The Morgan fingerprint density at radius 3 is 2.46 bits per heavy atom. The first-order chi connectivity index (χ1) is 13.3. The maximum atomic E-state index is 13.5. The average Bonchev–Trinajstić information content (AvgIpc) is 2.67. The third-order valence-corrected chi connectivity index (χ3v) is 5.57. The van der Waals surface area contributed by atoms with Crippen LogP contribution in [0.3, 0.4) is 0 Å². The number of nitrogen functional groups attached to an aromatic ring is 1. The van der Waals surface area contributed by atoms with Gasteiger partial charge in [-0.3, -0.25) is 0 Å². The van der Waals surface area contributed by atoms with E-state index in [1.165, 1.54) is 6.21 Å². The predicted octanol–water partition coefficient (Wildman–Crippen LogP) is 5.46. The number of halogens is 3. The molecule has 0 fully saturated rings. The fourth-order valence-electron chi connectivity index (χ4n) is 4.06. The Balaban J connectivity index is 2.03. The molecule has 0 spiro atoms. The Morgan fingerprint density at radius 2 is 1.82 bits per heavy atom. The van der Waals surface area contributed by atoms with Crippen LogP contribution < -0.4 is 5.73 Å². The van der Waals surface area contributed by atoms with E-state index in [9.17, 15) is 13.2 Å². The quantitative estimate of drug-likeness (QED) is 0.456. The second-order valence-electron chi connectivity index (χ2n) is 7.37. The number of nitrogens with two attached hydrogens (primary N) is 1. The number of pyridine rings is 1. The summed E-state index contributed by atoms with van der Waals surface area (Å²) in [6.45, 7) is 1.96. The Morgan fingerprint density at radius 1 is 1.11 bits per heavy atom. The number of fused-ring (bicyclic) bond motifs is 3. The molecule has 3 N–H and O–H groups in total. The van der Waals surface area contributed by atoms with Crippen LogP contribution in [0.5, 0.6) is 0 Å². The minimum atomic E-state index is -4.24. The van der Waals surface area contributed by atoms with Crippen LogP contribution in [0.1, 0.15) is 28.7 Å². The maximum Gasteiger partial charge on any atom is 0.392 e. The van der Waals surface area contributed by atoms with Gasteiger partial charge in [-0.2, -0.15) is 13.2 Å². The molecule has 0 radical (unpaired) electrons. The van der Waals surface area contributed by atoms with E-state index in [4.69, 9.17) is 16.1 Å². The summed E-state index contributed by atoms with van der Waals surface area (Å²) in [4.78, 5) is 4.73. The molecule has 1 atom stereocenters. The monoisotopic (exact) mass is 383 g/mol. The third kappa shape index (κ3) is 3.03. The van der Waals surface area contributed by atoms with Gasteiger partial charge in [0.2, 0.25) is 0 Å². The molecule has 2 aromatic carbocycles. The second-order valence-corrected chi connectivity index (χ2v) is 7.37. The van der Waals surface area contributed by atoms with Crippen LogP contribution in [0.15, 0.2) is 36.4 Å². The Bertz CT molecular complexity index is 1070. The molecule has 1 unspecified atom stereocenters. The normalized spacial score (nSPS) is 16.8. The molecule has 1 heterocycles. The standard InChI is InChI=1S/C22H20F3N3/c1-12-2-4-13(5-3-12)21-16-10-14(22(23,24)25)6-7-15(16)20-17(11-26)18(27)8-9-19(20)28-21/h2-5,8-9,11,14,26H,6-7,10,27H2,1H3. The van der Waals surface area contributed by atoms with E-state index < -0.39 is 12.1 Å². The highest BCUT2D eigenvalue weighted by Crippen LogP contribution is 2.43. The minimum absolute atomic E-state index is 0.0369. The van der Waals surface area contributed by atoms with Crippen molar-refractivity contribution in [2.45, 2.75) is 32.4 Å². The number of benzene rings is 2. The topological polar surface area (TPSA) is 62.8 Å². The number of hydrogen-bond acceptors (Lipinski definition) is 3. The van der Waals surface area contributed by atoms with Gasteiger partial charge in [0, 0.05) is 28.4 Å². The molecule has 1 aromatic heterocycles. The molecule has 28 heavy (non-hydrogen) atoms. The van der Waals surface area contributed by atoms with Gasteiger partial charge in [-0.25, -0.2) is 4.98 Å². The lowest BCUT2D eigenvalue weighted by Gasteiger charge is -2.29. The van der Waals surface area contributed by atoms with E-state index >= 15 is 0 Å². The molecule has 0 bridgehead atoms. The Labute approximate surface area is 160 Å². The van der Waals surface area contributed by atoms with Crippen molar-refractivity contribution in [3.8, 4) is 11.3 Å². The van der Waals surface area contributed by atoms with Gasteiger partial charge in [-0.15, -0.1) is 0 Å². The predicted molar refractivity (Wildman–Crippen MR) is 106 cm³/mol. The van der Waals surface area contributed by atoms with Gasteiger partial charge in [0.05, 0.1) is 17.1 Å².